The number of Topliss-reactive ketones (excluding diaryl/α,β-unsaturated/α-hetero) is 1. The van der Waals surface area contributed by atoms with E-state index in [2.05, 4.69) is 5.32 Å². The number of rotatable bonds is 15. The number of amides is 2. The van der Waals surface area contributed by atoms with Crippen LogP contribution in [0.15, 0.2) is 54.6 Å². The summed E-state index contributed by atoms with van der Waals surface area (Å²) in [5.41, 5.74) is 20.2. The van der Waals surface area contributed by atoms with E-state index in [9.17, 15) is 14.4 Å². The Morgan fingerprint density at radius 3 is 2.06 bits per heavy atom. The molecule has 0 aromatic heterocycles. The summed E-state index contributed by atoms with van der Waals surface area (Å²) < 4.78 is 0. The lowest BCUT2D eigenvalue weighted by Crippen LogP contribution is -2.51. The molecule has 0 unspecified atom stereocenters. The van der Waals surface area contributed by atoms with Crippen LogP contribution < -0.4 is 27.4 Å². The zero-order chi connectivity index (χ0) is 26.5. The number of hydrogen-bond donors (Lipinski definition) is 4. The maximum absolute atomic E-state index is 13.2. The topological polar surface area (TPSA) is 148 Å². The quantitative estimate of drug-likeness (QED) is 0.280. The van der Waals surface area contributed by atoms with E-state index in [1.807, 2.05) is 73.6 Å². The lowest BCUT2D eigenvalue weighted by Gasteiger charge is -2.24. The molecule has 9 nitrogen and oxygen atoms in total. The summed E-state index contributed by atoms with van der Waals surface area (Å²) in [7, 11) is 3.91. The third-order valence-corrected chi connectivity index (χ3v) is 5.98. The molecule has 2 atom stereocenters. The molecule has 7 N–H and O–H groups in total. The molecule has 196 valence electrons. The molecule has 0 aliphatic heterocycles. The van der Waals surface area contributed by atoms with Gasteiger partial charge in [0.1, 0.15) is 0 Å². The first-order valence-electron chi connectivity index (χ1n) is 12.3. The Kier molecular flexibility index (Phi) is 12.0. The van der Waals surface area contributed by atoms with Crippen LogP contribution in [0.4, 0.5) is 5.69 Å². The SMILES string of the molecule is CN(C)c1ccc(CC(=O)[C@H](CCc2ccccc2)NC(=O)[C@@H](N)CC(=O)N(CCN)CCN)cc1. The molecule has 9 heteroatoms. The van der Waals surface area contributed by atoms with Gasteiger partial charge in [0.05, 0.1) is 18.5 Å². The molecule has 0 saturated heterocycles. The first kappa shape index (κ1) is 29.0. The van der Waals surface area contributed by atoms with Crippen LogP contribution in [0.3, 0.4) is 0 Å². The smallest absolute Gasteiger partial charge is 0.238 e. The normalized spacial score (nSPS) is 12.5. The third kappa shape index (κ3) is 9.41. The van der Waals surface area contributed by atoms with Gasteiger partial charge < -0.3 is 32.3 Å². The molecule has 2 aromatic rings. The Morgan fingerprint density at radius 2 is 1.50 bits per heavy atom. The van der Waals surface area contributed by atoms with Crippen LogP contribution in [-0.2, 0) is 27.2 Å². The molecule has 0 heterocycles. The molecule has 0 bridgehead atoms. The summed E-state index contributed by atoms with van der Waals surface area (Å²) in [5.74, 6) is -0.928. The van der Waals surface area contributed by atoms with Crippen LogP contribution >= 0.6 is 0 Å². The summed E-state index contributed by atoms with van der Waals surface area (Å²) >= 11 is 0. The first-order chi connectivity index (χ1) is 17.2. The van der Waals surface area contributed by atoms with Crippen molar-refractivity contribution < 1.29 is 14.4 Å². The molecule has 0 saturated carbocycles. The minimum Gasteiger partial charge on any atom is -0.378 e. The van der Waals surface area contributed by atoms with Gasteiger partial charge in [-0.3, -0.25) is 14.4 Å². The van der Waals surface area contributed by atoms with Gasteiger partial charge in [0.2, 0.25) is 11.8 Å². The predicted octanol–water partition coefficient (Wildman–Crippen LogP) is 0.445. The van der Waals surface area contributed by atoms with Crippen LogP contribution in [0.1, 0.15) is 24.0 Å². The van der Waals surface area contributed by atoms with E-state index < -0.39 is 18.0 Å². The van der Waals surface area contributed by atoms with E-state index in [1.54, 1.807) is 0 Å². The number of carbonyl (C=O) groups excluding carboxylic acids is 3. The van der Waals surface area contributed by atoms with Crippen LogP contribution in [0.5, 0.6) is 0 Å². The van der Waals surface area contributed by atoms with Crippen molar-refractivity contribution in [2.24, 2.45) is 17.2 Å². The highest BCUT2D eigenvalue weighted by Crippen LogP contribution is 2.14. The van der Waals surface area contributed by atoms with Gasteiger partial charge in [-0.25, -0.2) is 0 Å². The highest BCUT2D eigenvalue weighted by Gasteiger charge is 2.26. The summed E-state index contributed by atoms with van der Waals surface area (Å²) in [4.78, 5) is 42.2. The zero-order valence-corrected chi connectivity index (χ0v) is 21.4. The number of anilines is 1. The van der Waals surface area contributed by atoms with Crippen molar-refractivity contribution in [3.8, 4) is 0 Å². The highest BCUT2D eigenvalue weighted by atomic mass is 16.2. The van der Waals surface area contributed by atoms with Crippen molar-refractivity contribution in [1.82, 2.24) is 10.2 Å². The monoisotopic (exact) mass is 496 g/mol. The van der Waals surface area contributed by atoms with Gasteiger partial charge in [-0.15, -0.1) is 0 Å². The molecule has 2 aromatic carbocycles. The number of nitrogens with one attached hydrogen (secondary N) is 1. The van der Waals surface area contributed by atoms with Gasteiger partial charge in [0.25, 0.3) is 0 Å². The van der Waals surface area contributed by atoms with E-state index in [1.165, 1.54) is 4.90 Å². The van der Waals surface area contributed by atoms with E-state index >= 15 is 0 Å². The molecule has 0 aliphatic carbocycles. The summed E-state index contributed by atoms with van der Waals surface area (Å²) in [6.45, 7) is 1.27. The zero-order valence-electron chi connectivity index (χ0n) is 21.4. The second kappa shape index (κ2) is 15.0. The second-order valence-electron chi connectivity index (χ2n) is 9.06. The lowest BCUT2D eigenvalue weighted by molar-refractivity contribution is -0.134. The summed E-state index contributed by atoms with van der Waals surface area (Å²) in [6.07, 6.45) is 1.05. The fraction of sp³-hybridized carbons (Fsp3) is 0.444. The second-order valence-corrected chi connectivity index (χ2v) is 9.06. The van der Waals surface area contributed by atoms with E-state index in [-0.39, 0.29) is 24.5 Å². The Bertz CT molecular complexity index is 959. The molecule has 0 fully saturated rings. The Morgan fingerprint density at radius 1 is 0.889 bits per heavy atom. The molecule has 0 aliphatic rings. The average molecular weight is 497 g/mol. The van der Waals surface area contributed by atoms with Crippen LogP contribution in [0.2, 0.25) is 0 Å². The summed E-state index contributed by atoms with van der Waals surface area (Å²) in [6, 6.07) is 15.7. The van der Waals surface area contributed by atoms with E-state index in [4.69, 9.17) is 17.2 Å². The standard InChI is InChI=1S/C27H40N6O3/c1-32(2)22-11-8-21(9-12-22)18-25(34)24(13-10-20-6-4-3-5-7-20)31-27(36)23(30)19-26(35)33(16-14-28)17-15-29/h3-9,11-12,23-24H,10,13-19,28-30H2,1-2H3,(H,31,36)/t23-,24-/m0/s1. The average Bonchev–Trinajstić information content (AvgIpc) is 2.87. The van der Waals surface area contributed by atoms with Gasteiger partial charge in [-0.05, 0) is 36.1 Å². The number of ketones is 1. The lowest BCUT2D eigenvalue weighted by atomic mass is 9.97. The fourth-order valence-corrected chi connectivity index (χ4v) is 3.87. The molecule has 2 amide bonds. The van der Waals surface area contributed by atoms with Crippen molar-refractivity contribution >= 4 is 23.3 Å². The predicted molar refractivity (Wildman–Crippen MR) is 143 cm³/mol. The maximum Gasteiger partial charge on any atom is 0.238 e. The minimum atomic E-state index is -1.08. The summed E-state index contributed by atoms with van der Waals surface area (Å²) in [5, 5.41) is 2.80. The van der Waals surface area contributed by atoms with Crippen molar-refractivity contribution in [3.05, 3.63) is 65.7 Å². The molecule has 0 spiro atoms. The fourth-order valence-electron chi connectivity index (χ4n) is 3.87. The number of aryl methyl sites for hydroxylation is 1. The number of nitrogens with zero attached hydrogens (tertiary/aromatic N) is 2. The maximum atomic E-state index is 13.2. The van der Waals surface area contributed by atoms with Gasteiger partial charge in [0, 0.05) is 52.4 Å². The molecule has 36 heavy (non-hydrogen) atoms. The number of hydrogen-bond acceptors (Lipinski definition) is 7. The number of carbonyl (C=O) groups is 3. The van der Waals surface area contributed by atoms with Crippen molar-refractivity contribution in [1.29, 1.82) is 0 Å². The third-order valence-electron chi connectivity index (χ3n) is 5.98. The van der Waals surface area contributed by atoms with Crippen molar-refractivity contribution in [3.63, 3.8) is 0 Å². The van der Waals surface area contributed by atoms with Crippen molar-refractivity contribution in [2.75, 3.05) is 45.2 Å². The van der Waals surface area contributed by atoms with E-state index in [0.717, 1.165) is 16.8 Å². The Labute approximate surface area is 214 Å². The largest absolute Gasteiger partial charge is 0.378 e. The molecule has 2 rings (SSSR count). The van der Waals surface area contributed by atoms with Gasteiger partial charge in [-0.1, -0.05) is 42.5 Å². The number of nitrogens with two attached hydrogens (primary N) is 3. The first-order valence-corrected chi connectivity index (χ1v) is 12.3. The van der Waals surface area contributed by atoms with Gasteiger partial charge >= 0.3 is 0 Å². The van der Waals surface area contributed by atoms with Crippen LogP contribution in [0, 0.1) is 0 Å². The van der Waals surface area contributed by atoms with E-state index in [0.29, 0.717) is 39.0 Å². The van der Waals surface area contributed by atoms with Crippen LogP contribution in [-0.4, -0.2) is 74.9 Å². The molecular formula is C27H40N6O3. The number of benzene rings is 2. The van der Waals surface area contributed by atoms with Crippen molar-refractivity contribution in [2.45, 2.75) is 37.8 Å². The Hall–Kier alpha value is -3.27. The van der Waals surface area contributed by atoms with Gasteiger partial charge in [-0.2, -0.15) is 0 Å². The minimum absolute atomic E-state index is 0.108. The van der Waals surface area contributed by atoms with Crippen LogP contribution in [0.25, 0.3) is 0 Å². The molecule has 0 radical (unpaired) electrons. The van der Waals surface area contributed by atoms with Gasteiger partial charge in [0.15, 0.2) is 5.78 Å². The highest BCUT2D eigenvalue weighted by molar-refractivity contribution is 5.93. The Balaban J connectivity index is 2.08. The molecular weight excluding hydrogens is 456 g/mol.